The van der Waals surface area contributed by atoms with Gasteiger partial charge in [0, 0.05) is 32.1 Å². The van der Waals surface area contributed by atoms with Crippen LogP contribution in [0.5, 0.6) is 0 Å². The molecule has 5 heteroatoms. The monoisotopic (exact) mass is 338 g/mol. The highest BCUT2D eigenvalue weighted by Gasteiger charge is 2.47. The summed E-state index contributed by atoms with van der Waals surface area (Å²) in [5, 5.41) is 7.98. The van der Waals surface area contributed by atoms with Crippen LogP contribution < -0.4 is 5.32 Å². The third-order valence-electron chi connectivity index (χ3n) is 5.75. The van der Waals surface area contributed by atoms with Crippen molar-refractivity contribution in [2.24, 2.45) is 11.8 Å². The Bertz CT molecular complexity index is 797. The molecule has 2 aromatic rings. The summed E-state index contributed by atoms with van der Waals surface area (Å²) in [4.78, 5) is 15.5. The minimum absolute atomic E-state index is 0.116. The first kappa shape index (κ1) is 16.3. The average Bonchev–Trinajstić information content (AvgIpc) is 3.28. The van der Waals surface area contributed by atoms with Crippen molar-refractivity contribution in [2.45, 2.75) is 33.4 Å². The third kappa shape index (κ3) is 2.67. The van der Waals surface area contributed by atoms with Crippen LogP contribution in [0.15, 0.2) is 30.3 Å². The van der Waals surface area contributed by atoms with Crippen LogP contribution in [-0.2, 0) is 6.54 Å². The maximum atomic E-state index is 13.4. The number of aromatic nitrogens is 2. The van der Waals surface area contributed by atoms with Gasteiger partial charge in [-0.15, -0.1) is 0 Å². The number of amides is 1. The predicted molar refractivity (Wildman–Crippen MR) is 97.4 cm³/mol. The summed E-state index contributed by atoms with van der Waals surface area (Å²) in [5.41, 5.74) is 4.16. The van der Waals surface area contributed by atoms with Crippen molar-refractivity contribution in [3.05, 3.63) is 52.8 Å². The fourth-order valence-corrected chi connectivity index (χ4v) is 4.55. The number of carbonyl (C=O) groups excluding carboxylic acids is 1. The molecule has 25 heavy (non-hydrogen) atoms. The molecule has 5 nitrogen and oxygen atoms in total. The van der Waals surface area contributed by atoms with Gasteiger partial charge in [-0.05, 0) is 43.9 Å². The fourth-order valence-electron chi connectivity index (χ4n) is 4.55. The lowest BCUT2D eigenvalue weighted by Crippen LogP contribution is -2.36. The molecule has 3 atom stereocenters. The van der Waals surface area contributed by atoms with Crippen molar-refractivity contribution in [2.75, 3.05) is 19.6 Å². The van der Waals surface area contributed by atoms with Gasteiger partial charge in [-0.25, -0.2) is 0 Å². The third-order valence-corrected chi connectivity index (χ3v) is 5.75. The Morgan fingerprint density at radius 1 is 1.28 bits per heavy atom. The predicted octanol–water partition coefficient (Wildman–Crippen LogP) is 2.55. The number of nitrogens with one attached hydrogen (secondary N) is 1. The molecule has 2 saturated heterocycles. The first-order valence-corrected chi connectivity index (χ1v) is 9.21. The second-order valence-corrected chi connectivity index (χ2v) is 7.33. The van der Waals surface area contributed by atoms with Gasteiger partial charge in [0.05, 0.1) is 11.7 Å². The first-order chi connectivity index (χ1) is 12.1. The highest BCUT2D eigenvalue weighted by molar-refractivity contribution is 5.93. The minimum Gasteiger partial charge on any atom is -0.330 e. The average molecular weight is 338 g/mol. The van der Waals surface area contributed by atoms with Crippen LogP contribution in [0.25, 0.3) is 0 Å². The van der Waals surface area contributed by atoms with Crippen LogP contribution >= 0.6 is 0 Å². The first-order valence-electron chi connectivity index (χ1n) is 9.21. The van der Waals surface area contributed by atoms with E-state index in [0.29, 0.717) is 24.1 Å². The molecular weight excluding hydrogens is 312 g/mol. The van der Waals surface area contributed by atoms with Crippen molar-refractivity contribution in [1.29, 1.82) is 0 Å². The normalized spacial score (nSPS) is 25.4. The lowest BCUT2D eigenvalue weighted by atomic mass is 9.87. The van der Waals surface area contributed by atoms with Crippen molar-refractivity contribution in [3.8, 4) is 0 Å². The number of aryl methyl sites for hydroxylation is 3. The highest BCUT2D eigenvalue weighted by atomic mass is 16.2. The van der Waals surface area contributed by atoms with Crippen LogP contribution in [-0.4, -0.2) is 40.2 Å². The smallest absolute Gasteiger partial charge is 0.272 e. The van der Waals surface area contributed by atoms with E-state index in [-0.39, 0.29) is 11.9 Å². The molecule has 1 amide bonds. The van der Waals surface area contributed by atoms with Gasteiger partial charge in [0.25, 0.3) is 5.91 Å². The van der Waals surface area contributed by atoms with E-state index in [0.717, 1.165) is 25.3 Å². The van der Waals surface area contributed by atoms with E-state index in [1.54, 1.807) is 0 Å². The van der Waals surface area contributed by atoms with Crippen molar-refractivity contribution >= 4 is 5.91 Å². The van der Waals surface area contributed by atoms with E-state index in [1.807, 2.05) is 24.6 Å². The summed E-state index contributed by atoms with van der Waals surface area (Å²) in [6.07, 6.45) is 0. The molecule has 1 aromatic carbocycles. The second kappa shape index (κ2) is 6.30. The Morgan fingerprint density at radius 3 is 2.84 bits per heavy atom. The highest BCUT2D eigenvalue weighted by Crippen LogP contribution is 2.44. The summed E-state index contributed by atoms with van der Waals surface area (Å²) < 4.78 is 1.83. The van der Waals surface area contributed by atoms with E-state index < -0.39 is 0 Å². The van der Waals surface area contributed by atoms with Gasteiger partial charge in [-0.2, -0.15) is 5.10 Å². The van der Waals surface area contributed by atoms with Gasteiger partial charge in [0.1, 0.15) is 5.69 Å². The Morgan fingerprint density at radius 2 is 2.08 bits per heavy atom. The maximum Gasteiger partial charge on any atom is 0.272 e. The minimum atomic E-state index is 0.116. The molecule has 1 aromatic heterocycles. The molecular formula is C20H26N4O. The largest absolute Gasteiger partial charge is 0.330 e. The number of hydrogen-bond donors (Lipinski definition) is 1. The van der Waals surface area contributed by atoms with Gasteiger partial charge in [-0.1, -0.05) is 24.3 Å². The van der Waals surface area contributed by atoms with Crippen LogP contribution in [0.1, 0.15) is 40.3 Å². The summed E-state index contributed by atoms with van der Waals surface area (Å²) in [6.45, 7) is 9.65. The summed E-state index contributed by atoms with van der Waals surface area (Å²) in [5.74, 6) is 1.14. The molecule has 2 aliphatic heterocycles. The molecule has 132 valence electrons. The zero-order valence-electron chi connectivity index (χ0n) is 15.2. The zero-order chi connectivity index (χ0) is 17.6. The number of benzene rings is 1. The quantitative estimate of drug-likeness (QED) is 0.936. The van der Waals surface area contributed by atoms with Gasteiger partial charge >= 0.3 is 0 Å². The second-order valence-electron chi connectivity index (χ2n) is 7.33. The molecule has 4 rings (SSSR count). The number of hydrogen-bond acceptors (Lipinski definition) is 3. The summed E-state index contributed by atoms with van der Waals surface area (Å²) >= 11 is 0. The molecule has 2 aliphatic rings. The number of carbonyl (C=O) groups is 1. The number of fused-ring (bicyclic) bond motifs is 1. The van der Waals surface area contributed by atoms with Crippen LogP contribution in [0, 0.1) is 25.7 Å². The zero-order valence-corrected chi connectivity index (χ0v) is 15.2. The molecule has 0 aliphatic carbocycles. The van der Waals surface area contributed by atoms with Crippen molar-refractivity contribution in [1.82, 2.24) is 20.0 Å². The Balaban J connectivity index is 1.74. The van der Waals surface area contributed by atoms with Gasteiger partial charge < -0.3 is 10.2 Å². The lowest BCUT2D eigenvalue weighted by Gasteiger charge is -2.29. The van der Waals surface area contributed by atoms with Gasteiger partial charge in [-0.3, -0.25) is 9.48 Å². The van der Waals surface area contributed by atoms with Crippen LogP contribution in [0.3, 0.4) is 0 Å². The van der Waals surface area contributed by atoms with E-state index >= 15 is 0 Å². The van der Waals surface area contributed by atoms with Crippen LogP contribution in [0.4, 0.5) is 0 Å². The molecule has 0 radical (unpaired) electrons. The van der Waals surface area contributed by atoms with Gasteiger partial charge in [0.2, 0.25) is 0 Å². The SMILES string of the molecule is CCn1nc(C)cc1C(=O)N1C[C@@H]2CNC[C@@H]2[C@H]1c1ccccc1C. The Hall–Kier alpha value is -2.14. The van der Waals surface area contributed by atoms with Crippen LogP contribution in [0.2, 0.25) is 0 Å². The molecule has 1 N–H and O–H groups in total. The Kier molecular flexibility index (Phi) is 4.12. The van der Waals surface area contributed by atoms with E-state index in [1.165, 1.54) is 11.1 Å². The van der Waals surface area contributed by atoms with Crippen molar-refractivity contribution < 1.29 is 4.79 Å². The summed E-state index contributed by atoms with van der Waals surface area (Å²) in [7, 11) is 0. The molecule has 0 saturated carbocycles. The number of likely N-dealkylation sites (tertiary alicyclic amines) is 1. The maximum absolute atomic E-state index is 13.4. The topological polar surface area (TPSA) is 50.2 Å². The van der Waals surface area contributed by atoms with E-state index in [9.17, 15) is 4.79 Å². The lowest BCUT2D eigenvalue weighted by molar-refractivity contribution is 0.0701. The fraction of sp³-hybridized carbons (Fsp3) is 0.500. The molecule has 3 heterocycles. The molecule has 0 unspecified atom stereocenters. The number of rotatable bonds is 3. The van der Waals surface area contributed by atoms with Crippen molar-refractivity contribution in [3.63, 3.8) is 0 Å². The van der Waals surface area contributed by atoms with E-state index in [2.05, 4.69) is 46.5 Å². The Labute approximate surface area is 149 Å². The number of nitrogens with zero attached hydrogens (tertiary/aromatic N) is 3. The summed E-state index contributed by atoms with van der Waals surface area (Å²) in [6, 6.07) is 10.6. The molecule has 0 bridgehead atoms. The van der Waals surface area contributed by atoms with E-state index in [4.69, 9.17) is 0 Å². The molecule has 0 spiro atoms. The molecule has 2 fully saturated rings. The standard InChI is InChI=1S/C20H26N4O/c1-4-24-18(9-14(3)22-24)20(25)23-12-15-10-21-11-17(15)19(23)16-8-6-5-7-13(16)2/h5-9,15,17,19,21H,4,10-12H2,1-3H3/t15-,17-,19+/m0/s1. The van der Waals surface area contributed by atoms with Gasteiger partial charge in [0.15, 0.2) is 0 Å².